The van der Waals surface area contributed by atoms with E-state index in [0.717, 1.165) is 5.56 Å². The van der Waals surface area contributed by atoms with Crippen LogP contribution in [-0.2, 0) is 16.1 Å². The number of carbonyl (C=O) groups excluding carboxylic acids is 2. The third kappa shape index (κ3) is 3.66. The number of anilines is 1. The first-order chi connectivity index (χ1) is 11.1. The molecule has 23 heavy (non-hydrogen) atoms. The largest absolute Gasteiger partial charge is 0.478 e. The van der Waals surface area contributed by atoms with Crippen LogP contribution in [0, 0.1) is 5.82 Å². The van der Waals surface area contributed by atoms with E-state index in [0.29, 0.717) is 11.4 Å². The standard InChI is InChI=1S/C17H15FN2O3/c18-12-7-5-11(6-8-12)10-19-16(21)9-15-17(22)20-13-3-1-2-4-14(13)23-15/h1-8,15H,9-10H2,(H,19,21)(H,20,22)/t15-/m1/s1. The first kappa shape index (κ1) is 15.0. The van der Waals surface area contributed by atoms with Gasteiger partial charge in [0.15, 0.2) is 6.10 Å². The Balaban J connectivity index is 1.56. The molecule has 1 atom stereocenters. The van der Waals surface area contributed by atoms with Crippen LogP contribution in [0.2, 0.25) is 0 Å². The van der Waals surface area contributed by atoms with E-state index in [1.165, 1.54) is 12.1 Å². The lowest BCUT2D eigenvalue weighted by Crippen LogP contribution is -2.40. The van der Waals surface area contributed by atoms with E-state index >= 15 is 0 Å². The molecule has 0 radical (unpaired) electrons. The van der Waals surface area contributed by atoms with Crippen molar-refractivity contribution < 1.29 is 18.7 Å². The van der Waals surface area contributed by atoms with Crippen molar-refractivity contribution >= 4 is 17.5 Å². The van der Waals surface area contributed by atoms with Gasteiger partial charge < -0.3 is 15.4 Å². The molecule has 0 unspecified atom stereocenters. The van der Waals surface area contributed by atoms with Gasteiger partial charge in [-0.25, -0.2) is 4.39 Å². The number of amides is 2. The molecule has 118 valence electrons. The van der Waals surface area contributed by atoms with Crippen molar-refractivity contribution in [1.29, 1.82) is 0 Å². The number of fused-ring (bicyclic) bond motifs is 1. The number of rotatable bonds is 4. The summed E-state index contributed by atoms with van der Waals surface area (Å²) in [5.41, 5.74) is 1.37. The zero-order valence-corrected chi connectivity index (χ0v) is 12.2. The lowest BCUT2D eigenvalue weighted by atomic mass is 10.1. The summed E-state index contributed by atoms with van der Waals surface area (Å²) in [6.45, 7) is 0.268. The maximum atomic E-state index is 12.8. The van der Waals surface area contributed by atoms with E-state index in [-0.39, 0.29) is 30.6 Å². The molecule has 1 aliphatic rings. The quantitative estimate of drug-likeness (QED) is 0.909. The van der Waals surface area contributed by atoms with Crippen LogP contribution in [0.4, 0.5) is 10.1 Å². The second-order valence-corrected chi connectivity index (χ2v) is 5.20. The molecule has 2 amide bonds. The smallest absolute Gasteiger partial charge is 0.266 e. The summed E-state index contributed by atoms with van der Waals surface area (Å²) >= 11 is 0. The van der Waals surface area contributed by atoms with Gasteiger partial charge in [-0.2, -0.15) is 0 Å². The second kappa shape index (κ2) is 6.48. The van der Waals surface area contributed by atoms with Crippen LogP contribution < -0.4 is 15.4 Å². The highest BCUT2D eigenvalue weighted by Gasteiger charge is 2.29. The molecule has 0 aromatic heterocycles. The Morgan fingerprint density at radius 2 is 1.91 bits per heavy atom. The zero-order valence-electron chi connectivity index (χ0n) is 12.2. The van der Waals surface area contributed by atoms with Crippen molar-refractivity contribution in [3.63, 3.8) is 0 Å². The maximum absolute atomic E-state index is 12.8. The third-order valence-corrected chi connectivity index (χ3v) is 3.48. The highest BCUT2D eigenvalue weighted by Crippen LogP contribution is 2.29. The molecule has 3 rings (SSSR count). The minimum Gasteiger partial charge on any atom is -0.478 e. The van der Waals surface area contributed by atoms with Crippen molar-refractivity contribution in [2.24, 2.45) is 0 Å². The summed E-state index contributed by atoms with van der Waals surface area (Å²) in [7, 11) is 0. The van der Waals surface area contributed by atoms with E-state index in [1.54, 1.807) is 36.4 Å². The fraction of sp³-hybridized carbons (Fsp3) is 0.176. The van der Waals surface area contributed by atoms with Crippen LogP contribution in [0.3, 0.4) is 0 Å². The molecule has 2 aromatic rings. The van der Waals surface area contributed by atoms with E-state index in [1.807, 2.05) is 0 Å². The summed E-state index contributed by atoms with van der Waals surface area (Å²) in [5, 5.41) is 5.40. The lowest BCUT2D eigenvalue weighted by molar-refractivity contribution is -0.130. The average Bonchev–Trinajstić information content (AvgIpc) is 2.55. The molecule has 1 heterocycles. The Bertz CT molecular complexity index is 731. The number of benzene rings is 2. The molecule has 1 aliphatic heterocycles. The Morgan fingerprint density at radius 1 is 1.17 bits per heavy atom. The second-order valence-electron chi connectivity index (χ2n) is 5.20. The summed E-state index contributed by atoms with van der Waals surface area (Å²) < 4.78 is 18.4. The Labute approximate surface area is 132 Å². The Hall–Kier alpha value is -2.89. The van der Waals surface area contributed by atoms with Crippen molar-refractivity contribution in [2.45, 2.75) is 19.1 Å². The number of hydrogen-bond donors (Lipinski definition) is 2. The first-order valence-electron chi connectivity index (χ1n) is 7.19. The van der Waals surface area contributed by atoms with Crippen LogP contribution in [0.25, 0.3) is 0 Å². The molecular weight excluding hydrogens is 299 g/mol. The molecular formula is C17H15FN2O3. The van der Waals surface area contributed by atoms with E-state index in [4.69, 9.17) is 4.74 Å². The number of nitrogens with one attached hydrogen (secondary N) is 2. The van der Waals surface area contributed by atoms with Crippen molar-refractivity contribution in [3.8, 4) is 5.75 Å². The number of para-hydroxylation sites is 2. The van der Waals surface area contributed by atoms with Gasteiger partial charge in [-0.15, -0.1) is 0 Å². The summed E-state index contributed by atoms with van der Waals surface area (Å²) in [5.74, 6) is -0.441. The van der Waals surface area contributed by atoms with Crippen molar-refractivity contribution in [2.75, 3.05) is 5.32 Å². The van der Waals surface area contributed by atoms with Gasteiger partial charge in [-0.05, 0) is 29.8 Å². The highest BCUT2D eigenvalue weighted by atomic mass is 19.1. The van der Waals surface area contributed by atoms with Crippen molar-refractivity contribution in [1.82, 2.24) is 5.32 Å². The zero-order chi connectivity index (χ0) is 16.2. The fourth-order valence-electron chi connectivity index (χ4n) is 2.27. The number of halogens is 1. The number of carbonyl (C=O) groups is 2. The molecule has 5 nitrogen and oxygen atoms in total. The van der Waals surface area contributed by atoms with Crippen LogP contribution in [0.1, 0.15) is 12.0 Å². The number of hydrogen-bond acceptors (Lipinski definition) is 3. The van der Waals surface area contributed by atoms with Crippen LogP contribution in [-0.4, -0.2) is 17.9 Å². The molecule has 2 aromatic carbocycles. The predicted octanol–water partition coefficient (Wildman–Crippen LogP) is 2.23. The molecule has 2 N–H and O–H groups in total. The first-order valence-corrected chi connectivity index (χ1v) is 7.19. The van der Waals surface area contributed by atoms with Gasteiger partial charge >= 0.3 is 0 Å². The van der Waals surface area contributed by atoms with Gasteiger partial charge in [-0.3, -0.25) is 9.59 Å². The minimum absolute atomic E-state index is 0.0820. The molecule has 0 fully saturated rings. The minimum atomic E-state index is -0.863. The topological polar surface area (TPSA) is 67.4 Å². The summed E-state index contributed by atoms with van der Waals surface area (Å²) in [6.07, 6.45) is -0.945. The van der Waals surface area contributed by atoms with Gasteiger partial charge in [0, 0.05) is 6.54 Å². The Kier molecular flexibility index (Phi) is 4.23. The molecule has 0 bridgehead atoms. The average molecular weight is 314 g/mol. The van der Waals surface area contributed by atoms with E-state index in [9.17, 15) is 14.0 Å². The Morgan fingerprint density at radius 3 is 2.70 bits per heavy atom. The van der Waals surface area contributed by atoms with Gasteiger partial charge in [0.2, 0.25) is 5.91 Å². The van der Waals surface area contributed by atoms with Crippen LogP contribution >= 0.6 is 0 Å². The maximum Gasteiger partial charge on any atom is 0.266 e. The molecule has 0 aliphatic carbocycles. The molecule has 0 saturated carbocycles. The molecule has 0 spiro atoms. The predicted molar refractivity (Wildman–Crippen MR) is 82.4 cm³/mol. The number of ether oxygens (including phenoxy) is 1. The fourth-order valence-corrected chi connectivity index (χ4v) is 2.27. The van der Waals surface area contributed by atoms with Gasteiger partial charge in [-0.1, -0.05) is 24.3 Å². The lowest BCUT2D eigenvalue weighted by Gasteiger charge is -2.25. The van der Waals surface area contributed by atoms with Gasteiger partial charge in [0.25, 0.3) is 5.91 Å². The summed E-state index contributed by atoms with van der Waals surface area (Å²) in [4.78, 5) is 23.9. The molecule has 6 heteroatoms. The third-order valence-electron chi connectivity index (χ3n) is 3.48. The SMILES string of the molecule is O=C(C[C@H]1Oc2ccccc2NC1=O)NCc1ccc(F)cc1. The normalized spacial score (nSPS) is 16.0. The van der Waals surface area contributed by atoms with E-state index < -0.39 is 6.10 Å². The monoisotopic (exact) mass is 314 g/mol. The van der Waals surface area contributed by atoms with Gasteiger partial charge in [0.1, 0.15) is 11.6 Å². The summed E-state index contributed by atoms with van der Waals surface area (Å²) in [6, 6.07) is 12.9. The van der Waals surface area contributed by atoms with Crippen molar-refractivity contribution in [3.05, 3.63) is 59.9 Å². The van der Waals surface area contributed by atoms with E-state index in [2.05, 4.69) is 10.6 Å². The van der Waals surface area contributed by atoms with Crippen LogP contribution in [0.15, 0.2) is 48.5 Å². The van der Waals surface area contributed by atoms with Crippen LogP contribution in [0.5, 0.6) is 5.75 Å². The molecule has 0 saturated heterocycles. The highest BCUT2D eigenvalue weighted by molar-refractivity contribution is 5.99. The van der Waals surface area contributed by atoms with Gasteiger partial charge in [0.05, 0.1) is 12.1 Å².